The predicted octanol–water partition coefficient (Wildman–Crippen LogP) is 1.86. The van der Waals surface area contributed by atoms with Crippen LogP contribution in [0.5, 0.6) is 0 Å². The number of nitrogens with two attached hydrogens (primary N) is 1. The minimum atomic E-state index is -0.738. The van der Waals surface area contributed by atoms with Gasteiger partial charge in [0.2, 0.25) is 6.41 Å². The van der Waals surface area contributed by atoms with E-state index in [-0.39, 0.29) is 0 Å². The van der Waals surface area contributed by atoms with Gasteiger partial charge >= 0.3 is 6.03 Å². The fourth-order valence-electron chi connectivity index (χ4n) is 1.80. The van der Waals surface area contributed by atoms with E-state index in [0.29, 0.717) is 12.1 Å². The van der Waals surface area contributed by atoms with Crippen LogP contribution in [-0.2, 0) is 4.79 Å². The molecule has 0 spiro atoms. The number of primary amides is 1. The summed E-state index contributed by atoms with van der Waals surface area (Å²) in [5, 5.41) is 0.951. The minimum absolute atomic E-state index is 0.387. The Morgan fingerprint density at radius 2 is 1.48 bits per heavy atom. The first-order chi connectivity index (χ1) is 11.2. The molecule has 0 aliphatic heterocycles. The number of rotatable bonds is 3. The van der Waals surface area contributed by atoms with Gasteiger partial charge in [-0.05, 0) is 24.3 Å². The highest BCUT2D eigenvalue weighted by molar-refractivity contribution is 5.91. The second-order valence-corrected chi connectivity index (χ2v) is 4.30. The molecule has 3 N–H and O–H groups in total. The lowest BCUT2D eigenvalue weighted by molar-refractivity contribution is -0.109. The number of amides is 3. The van der Waals surface area contributed by atoms with Crippen LogP contribution in [0.2, 0.25) is 0 Å². The van der Waals surface area contributed by atoms with Crippen LogP contribution in [0.25, 0.3) is 11.0 Å². The quantitative estimate of drug-likeness (QED) is 0.569. The Labute approximate surface area is 132 Å². The molecule has 3 aromatic rings. The van der Waals surface area contributed by atoms with Crippen LogP contribution in [0.3, 0.4) is 0 Å². The molecule has 23 heavy (non-hydrogen) atoms. The van der Waals surface area contributed by atoms with E-state index in [4.69, 9.17) is 5.73 Å². The zero-order valence-electron chi connectivity index (χ0n) is 12.2. The monoisotopic (exact) mass is 309 g/mol. The smallest absolute Gasteiger partial charge is 0.338 e. The number of hydrazine groups is 1. The van der Waals surface area contributed by atoms with E-state index in [2.05, 4.69) is 15.4 Å². The van der Waals surface area contributed by atoms with E-state index in [1.165, 1.54) is 0 Å². The van der Waals surface area contributed by atoms with E-state index in [0.717, 1.165) is 16.0 Å². The maximum atomic E-state index is 10.8. The standard InChI is InChI=1S/C8H9N3O2.C8H6N2/c9-8(13)11(10-6-12)7-4-2-1-3-5-7;1-2-4-8-7(3-1)9-5-6-10-8/h1-6H,(H2,9,13)(H,10,12);1-6H. The normalized spacial score (nSPS) is 9.39. The number of carbonyl (C=O) groups is 2. The molecule has 0 radical (unpaired) electrons. The molecule has 0 aliphatic carbocycles. The predicted molar refractivity (Wildman–Crippen MR) is 87.2 cm³/mol. The zero-order valence-corrected chi connectivity index (χ0v) is 12.2. The number of nitrogens with one attached hydrogen (secondary N) is 1. The molecule has 3 rings (SSSR count). The van der Waals surface area contributed by atoms with Gasteiger partial charge < -0.3 is 5.73 Å². The van der Waals surface area contributed by atoms with Gasteiger partial charge in [0.1, 0.15) is 0 Å². The Bertz CT molecular complexity index is 714. The van der Waals surface area contributed by atoms with Crippen LogP contribution >= 0.6 is 0 Å². The third-order valence-electron chi connectivity index (χ3n) is 2.79. The Morgan fingerprint density at radius 3 is 1.96 bits per heavy atom. The molecule has 7 nitrogen and oxygen atoms in total. The van der Waals surface area contributed by atoms with Crippen LogP contribution in [0.1, 0.15) is 0 Å². The summed E-state index contributed by atoms with van der Waals surface area (Å²) < 4.78 is 0. The van der Waals surface area contributed by atoms with Gasteiger partial charge in [-0.25, -0.2) is 9.80 Å². The topological polar surface area (TPSA) is 101 Å². The number of aromatic nitrogens is 2. The molecule has 116 valence electrons. The summed E-state index contributed by atoms with van der Waals surface area (Å²) in [5.41, 5.74) is 9.61. The van der Waals surface area contributed by atoms with Crippen molar-refractivity contribution in [3.8, 4) is 0 Å². The average molecular weight is 309 g/mol. The van der Waals surface area contributed by atoms with Crippen LogP contribution in [0.4, 0.5) is 10.5 Å². The van der Waals surface area contributed by atoms with Gasteiger partial charge in [-0.1, -0.05) is 30.3 Å². The van der Waals surface area contributed by atoms with Gasteiger partial charge in [-0.2, -0.15) is 0 Å². The van der Waals surface area contributed by atoms with Crippen molar-refractivity contribution in [2.24, 2.45) is 5.73 Å². The number of benzene rings is 2. The van der Waals surface area contributed by atoms with Crippen molar-refractivity contribution in [2.75, 3.05) is 5.01 Å². The lowest BCUT2D eigenvalue weighted by Crippen LogP contribution is -2.45. The van der Waals surface area contributed by atoms with Gasteiger partial charge in [0, 0.05) is 12.4 Å². The summed E-state index contributed by atoms with van der Waals surface area (Å²) in [6, 6.07) is 15.6. The molecule has 3 amide bonds. The number of carbonyl (C=O) groups excluding carboxylic acids is 2. The number of urea groups is 1. The SMILES string of the molecule is NC(=O)N(NC=O)c1ccccc1.c1ccc2nccnc2c1. The Balaban J connectivity index is 0.000000172. The fraction of sp³-hybridized carbons (Fsp3) is 0. The summed E-state index contributed by atoms with van der Waals surface area (Å²) in [5.74, 6) is 0. The van der Waals surface area contributed by atoms with E-state index in [9.17, 15) is 9.59 Å². The average Bonchev–Trinajstić information content (AvgIpc) is 2.61. The van der Waals surface area contributed by atoms with Crippen molar-refractivity contribution in [1.29, 1.82) is 0 Å². The molecule has 7 heteroatoms. The summed E-state index contributed by atoms with van der Waals surface area (Å²) in [4.78, 5) is 29.2. The van der Waals surface area contributed by atoms with Crippen LogP contribution in [-0.4, -0.2) is 22.4 Å². The third-order valence-corrected chi connectivity index (χ3v) is 2.79. The highest BCUT2D eigenvalue weighted by Crippen LogP contribution is 2.09. The molecule has 0 saturated carbocycles. The Morgan fingerprint density at radius 1 is 0.957 bits per heavy atom. The van der Waals surface area contributed by atoms with Crippen molar-refractivity contribution >= 4 is 29.2 Å². The lowest BCUT2D eigenvalue weighted by atomic mass is 10.3. The largest absolute Gasteiger partial charge is 0.350 e. The Hall–Kier alpha value is -3.48. The second-order valence-electron chi connectivity index (χ2n) is 4.30. The van der Waals surface area contributed by atoms with Crippen molar-refractivity contribution in [3.63, 3.8) is 0 Å². The van der Waals surface area contributed by atoms with Crippen molar-refractivity contribution in [2.45, 2.75) is 0 Å². The Kier molecular flexibility index (Phi) is 5.59. The minimum Gasteiger partial charge on any atom is -0.350 e. The molecular formula is C16H15N5O2. The van der Waals surface area contributed by atoms with Crippen molar-refractivity contribution < 1.29 is 9.59 Å². The van der Waals surface area contributed by atoms with Crippen LogP contribution < -0.4 is 16.2 Å². The van der Waals surface area contributed by atoms with Gasteiger partial charge in [-0.3, -0.25) is 20.2 Å². The van der Waals surface area contributed by atoms with Crippen molar-refractivity contribution in [3.05, 3.63) is 67.0 Å². The number of para-hydroxylation sites is 3. The summed E-state index contributed by atoms with van der Waals surface area (Å²) in [7, 11) is 0. The molecule has 0 bridgehead atoms. The van der Waals surface area contributed by atoms with Gasteiger partial charge in [0.05, 0.1) is 16.7 Å². The highest BCUT2D eigenvalue weighted by atomic mass is 16.2. The van der Waals surface area contributed by atoms with E-state index in [1.54, 1.807) is 42.7 Å². The molecule has 0 aliphatic rings. The summed E-state index contributed by atoms with van der Waals surface area (Å²) in [6.45, 7) is 0. The van der Waals surface area contributed by atoms with Gasteiger partial charge in [0.15, 0.2) is 0 Å². The van der Waals surface area contributed by atoms with E-state index in [1.807, 2.05) is 24.3 Å². The van der Waals surface area contributed by atoms with Crippen LogP contribution in [0, 0.1) is 0 Å². The molecule has 1 heterocycles. The number of nitrogens with zero attached hydrogens (tertiary/aromatic N) is 3. The maximum Gasteiger partial charge on any atom is 0.338 e. The number of hydrogen-bond acceptors (Lipinski definition) is 4. The first kappa shape index (κ1) is 15.9. The van der Waals surface area contributed by atoms with E-state index >= 15 is 0 Å². The number of anilines is 1. The first-order valence-electron chi connectivity index (χ1n) is 6.72. The van der Waals surface area contributed by atoms with Gasteiger partial charge in [-0.15, -0.1) is 0 Å². The lowest BCUT2D eigenvalue weighted by Gasteiger charge is -2.17. The van der Waals surface area contributed by atoms with Gasteiger partial charge in [0.25, 0.3) is 0 Å². The highest BCUT2D eigenvalue weighted by Gasteiger charge is 2.09. The maximum absolute atomic E-state index is 10.8. The molecule has 0 fully saturated rings. The van der Waals surface area contributed by atoms with Crippen LogP contribution in [0.15, 0.2) is 67.0 Å². The molecule has 0 saturated heterocycles. The first-order valence-corrected chi connectivity index (χ1v) is 6.72. The molecule has 1 aromatic heterocycles. The summed E-state index contributed by atoms with van der Waals surface area (Å²) in [6.07, 6.45) is 3.78. The summed E-state index contributed by atoms with van der Waals surface area (Å²) >= 11 is 0. The molecule has 2 aromatic carbocycles. The third kappa shape index (κ3) is 4.50. The molecule has 0 unspecified atom stereocenters. The fourth-order valence-corrected chi connectivity index (χ4v) is 1.80. The second kappa shape index (κ2) is 8.08. The number of fused-ring (bicyclic) bond motifs is 1. The molecular weight excluding hydrogens is 294 g/mol. The zero-order chi connectivity index (χ0) is 16.5. The van der Waals surface area contributed by atoms with E-state index < -0.39 is 6.03 Å². The van der Waals surface area contributed by atoms with Crippen molar-refractivity contribution in [1.82, 2.24) is 15.4 Å². The number of hydrogen-bond donors (Lipinski definition) is 2. The molecule has 0 atom stereocenters.